The van der Waals surface area contributed by atoms with Gasteiger partial charge >= 0.3 is 6.09 Å². The summed E-state index contributed by atoms with van der Waals surface area (Å²) in [5.74, 6) is -3.18. The predicted molar refractivity (Wildman–Crippen MR) is 73.5 cm³/mol. The molecule has 0 saturated carbocycles. The maximum Gasteiger partial charge on any atom is 0.407 e. The highest BCUT2D eigenvalue weighted by molar-refractivity contribution is 5.68. The molecule has 1 N–H and O–H groups in total. The molecular weight excluding hydrogens is 283 g/mol. The average Bonchev–Trinajstić information content (AvgIpc) is 2.32. The van der Waals surface area contributed by atoms with Crippen LogP contribution in [0.3, 0.4) is 0 Å². The second-order valence-electron chi connectivity index (χ2n) is 5.81. The summed E-state index contributed by atoms with van der Waals surface area (Å²) in [6.07, 6.45) is -0.0754. The molecule has 0 saturated heterocycles. The van der Waals surface area contributed by atoms with Gasteiger partial charge in [0, 0.05) is 12.1 Å². The van der Waals surface area contributed by atoms with Gasteiger partial charge in [-0.1, -0.05) is 6.92 Å². The van der Waals surface area contributed by atoms with E-state index in [1.807, 2.05) is 0 Å². The SMILES string of the molecule is CCC(Cc1cc(F)c(F)cc1F)NC(=O)OC(C)(C)C. The third-order valence-corrected chi connectivity index (χ3v) is 2.77. The van der Waals surface area contributed by atoms with E-state index in [2.05, 4.69) is 5.32 Å². The number of amides is 1. The minimum Gasteiger partial charge on any atom is -0.444 e. The van der Waals surface area contributed by atoms with E-state index in [0.29, 0.717) is 12.5 Å². The first-order valence-corrected chi connectivity index (χ1v) is 6.75. The molecule has 0 spiro atoms. The molecule has 1 aromatic carbocycles. The van der Waals surface area contributed by atoms with Crippen molar-refractivity contribution in [1.82, 2.24) is 5.32 Å². The molecule has 118 valence electrons. The zero-order valence-corrected chi connectivity index (χ0v) is 12.6. The third kappa shape index (κ3) is 5.65. The molecule has 1 atom stereocenters. The van der Waals surface area contributed by atoms with Gasteiger partial charge < -0.3 is 10.1 Å². The Kier molecular flexibility index (Phi) is 5.63. The maximum atomic E-state index is 13.6. The van der Waals surface area contributed by atoms with Gasteiger partial charge in [0.1, 0.15) is 11.4 Å². The van der Waals surface area contributed by atoms with Crippen LogP contribution in [0.2, 0.25) is 0 Å². The van der Waals surface area contributed by atoms with Crippen molar-refractivity contribution >= 4 is 6.09 Å². The Bertz CT molecular complexity index is 512. The Morgan fingerprint density at radius 1 is 1.19 bits per heavy atom. The monoisotopic (exact) mass is 303 g/mol. The molecule has 1 aromatic rings. The molecule has 6 heteroatoms. The van der Waals surface area contributed by atoms with Crippen LogP contribution in [-0.4, -0.2) is 17.7 Å². The second kappa shape index (κ2) is 6.83. The molecule has 21 heavy (non-hydrogen) atoms. The highest BCUT2D eigenvalue weighted by atomic mass is 19.2. The summed E-state index contributed by atoms with van der Waals surface area (Å²) >= 11 is 0. The van der Waals surface area contributed by atoms with Gasteiger partial charge in [-0.15, -0.1) is 0 Å². The van der Waals surface area contributed by atoms with E-state index in [9.17, 15) is 18.0 Å². The first kappa shape index (κ1) is 17.3. The smallest absolute Gasteiger partial charge is 0.407 e. The standard InChI is InChI=1S/C15H20F3NO2/c1-5-10(19-14(20)21-15(2,3)4)6-9-7-12(17)13(18)8-11(9)16/h7-8,10H,5-6H2,1-4H3,(H,19,20). The Balaban J connectivity index is 2.75. The molecule has 1 amide bonds. The minimum atomic E-state index is -1.23. The van der Waals surface area contributed by atoms with Crippen LogP contribution in [0.5, 0.6) is 0 Å². The number of ether oxygens (including phenoxy) is 1. The van der Waals surface area contributed by atoms with Gasteiger partial charge in [-0.2, -0.15) is 0 Å². The molecular formula is C15H20F3NO2. The van der Waals surface area contributed by atoms with Gasteiger partial charge in [-0.3, -0.25) is 0 Å². The van der Waals surface area contributed by atoms with E-state index in [1.165, 1.54) is 0 Å². The van der Waals surface area contributed by atoms with Crippen molar-refractivity contribution in [1.29, 1.82) is 0 Å². The largest absolute Gasteiger partial charge is 0.444 e. The van der Waals surface area contributed by atoms with E-state index in [1.54, 1.807) is 27.7 Å². The van der Waals surface area contributed by atoms with E-state index < -0.39 is 35.2 Å². The molecule has 1 unspecified atom stereocenters. The number of rotatable bonds is 4. The summed E-state index contributed by atoms with van der Waals surface area (Å²) in [7, 11) is 0. The maximum absolute atomic E-state index is 13.6. The minimum absolute atomic E-state index is 0.0109. The summed E-state index contributed by atoms with van der Waals surface area (Å²) < 4.78 is 44.7. The second-order valence-corrected chi connectivity index (χ2v) is 5.81. The lowest BCUT2D eigenvalue weighted by Gasteiger charge is -2.23. The van der Waals surface area contributed by atoms with Gasteiger partial charge in [0.2, 0.25) is 0 Å². The van der Waals surface area contributed by atoms with Gasteiger partial charge in [0.05, 0.1) is 0 Å². The van der Waals surface area contributed by atoms with Crippen LogP contribution >= 0.6 is 0 Å². The summed E-state index contributed by atoms with van der Waals surface area (Å²) in [5.41, 5.74) is -0.632. The van der Waals surface area contributed by atoms with Crippen LogP contribution in [0.4, 0.5) is 18.0 Å². The predicted octanol–water partition coefficient (Wildman–Crippen LogP) is 3.95. The number of benzene rings is 1. The fourth-order valence-corrected chi connectivity index (χ4v) is 1.76. The van der Waals surface area contributed by atoms with Crippen molar-refractivity contribution in [2.45, 2.75) is 52.2 Å². The Morgan fingerprint density at radius 3 is 2.29 bits per heavy atom. The third-order valence-electron chi connectivity index (χ3n) is 2.77. The first-order valence-electron chi connectivity index (χ1n) is 6.75. The highest BCUT2D eigenvalue weighted by Gasteiger charge is 2.20. The Labute approximate surface area is 122 Å². The molecule has 0 fully saturated rings. The van der Waals surface area contributed by atoms with E-state index >= 15 is 0 Å². The lowest BCUT2D eigenvalue weighted by atomic mass is 10.0. The lowest BCUT2D eigenvalue weighted by molar-refractivity contribution is 0.0502. The van der Waals surface area contributed by atoms with Crippen molar-refractivity contribution < 1.29 is 22.7 Å². The lowest BCUT2D eigenvalue weighted by Crippen LogP contribution is -2.40. The van der Waals surface area contributed by atoms with Crippen LogP contribution in [0, 0.1) is 17.5 Å². The first-order chi connectivity index (χ1) is 9.62. The Hall–Kier alpha value is -1.72. The van der Waals surface area contributed by atoms with Crippen LogP contribution < -0.4 is 5.32 Å². The molecule has 3 nitrogen and oxygen atoms in total. The van der Waals surface area contributed by atoms with Crippen molar-refractivity contribution in [2.24, 2.45) is 0 Å². The van der Waals surface area contributed by atoms with E-state index in [-0.39, 0.29) is 12.0 Å². The molecule has 0 radical (unpaired) electrons. The number of hydrogen-bond acceptors (Lipinski definition) is 2. The van der Waals surface area contributed by atoms with E-state index in [4.69, 9.17) is 4.74 Å². The number of alkyl carbamates (subject to hydrolysis) is 1. The summed E-state index contributed by atoms with van der Waals surface area (Å²) in [4.78, 5) is 11.7. The van der Waals surface area contributed by atoms with Crippen LogP contribution in [0.15, 0.2) is 12.1 Å². The van der Waals surface area contributed by atoms with E-state index in [0.717, 1.165) is 6.07 Å². The molecule has 0 aliphatic carbocycles. The van der Waals surface area contributed by atoms with Gasteiger partial charge in [0.25, 0.3) is 0 Å². The van der Waals surface area contributed by atoms with Crippen molar-refractivity contribution in [3.8, 4) is 0 Å². The van der Waals surface area contributed by atoms with Gasteiger partial charge in [-0.25, -0.2) is 18.0 Å². The van der Waals surface area contributed by atoms with Crippen molar-refractivity contribution in [3.05, 3.63) is 35.1 Å². The molecule has 0 aromatic heterocycles. The number of nitrogens with one attached hydrogen (secondary N) is 1. The quantitative estimate of drug-likeness (QED) is 0.855. The summed E-state index contributed by atoms with van der Waals surface area (Å²) in [6, 6.07) is 0.883. The van der Waals surface area contributed by atoms with Crippen LogP contribution in [0.1, 0.15) is 39.7 Å². The number of halogens is 3. The molecule has 0 aliphatic rings. The summed E-state index contributed by atoms with van der Waals surface area (Å²) in [6.45, 7) is 6.97. The van der Waals surface area contributed by atoms with Crippen molar-refractivity contribution in [3.63, 3.8) is 0 Å². The highest BCUT2D eigenvalue weighted by Crippen LogP contribution is 2.16. The van der Waals surface area contributed by atoms with Gasteiger partial charge in [0.15, 0.2) is 11.6 Å². The fourth-order valence-electron chi connectivity index (χ4n) is 1.76. The molecule has 1 rings (SSSR count). The number of carbonyl (C=O) groups excluding carboxylic acids is 1. The van der Waals surface area contributed by atoms with Gasteiger partial charge in [-0.05, 0) is 45.2 Å². The van der Waals surface area contributed by atoms with Crippen LogP contribution in [0.25, 0.3) is 0 Å². The topological polar surface area (TPSA) is 38.3 Å². The molecule has 0 heterocycles. The normalized spacial score (nSPS) is 12.9. The zero-order valence-electron chi connectivity index (χ0n) is 12.6. The fraction of sp³-hybridized carbons (Fsp3) is 0.533. The number of carbonyl (C=O) groups is 1. The van der Waals surface area contributed by atoms with Crippen molar-refractivity contribution in [2.75, 3.05) is 0 Å². The molecule has 0 aliphatic heterocycles. The van der Waals surface area contributed by atoms with Crippen LogP contribution in [-0.2, 0) is 11.2 Å². The average molecular weight is 303 g/mol. The zero-order chi connectivity index (χ0) is 16.2. The summed E-state index contributed by atoms with van der Waals surface area (Å²) in [5, 5.41) is 2.59. The Morgan fingerprint density at radius 2 is 1.76 bits per heavy atom. The number of hydrogen-bond donors (Lipinski definition) is 1. The molecule has 0 bridgehead atoms.